The molecule has 1 aliphatic carbocycles. The number of rotatable bonds is 4. The first kappa shape index (κ1) is 21.1. The number of aromatic nitrogens is 2. The summed E-state index contributed by atoms with van der Waals surface area (Å²) >= 11 is 0. The van der Waals surface area contributed by atoms with Gasteiger partial charge in [0.1, 0.15) is 0 Å². The summed E-state index contributed by atoms with van der Waals surface area (Å²) in [5, 5.41) is 8.43. The number of hydrogen-bond acceptors (Lipinski definition) is 5. The summed E-state index contributed by atoms with van der Waals surface area (Å²) in [6.07, 6.45) is 5.02. The fraction of sp³-hybridized carbons (Fsp3) is 0.667. The summed E-state index contributed by atoms with van der Waals surface area (Å²) in [5.74, 6) is 0.560. The zero-order valence-corrected chi connectivity index (χ0v) is 18.1. The van der Waals surface area contributed by atoms with Crippen LogP contribution in [0.1, 0.15) is 74.1 Å². The van der Waals surface area contributed by atoms with E-state index in [9.17, 15) is 4.79 Å². The van der Waals surface area contributed by atoms with Gasteiger partial charge in [-0.05, 0) is 50.6 Å². The second kappa shape index (κ2) is 7.99. The lowest BCUT2D eigenvalue weighted by Gasteiger charge is -2.32. The van der Waals surface area contributed by atoms with E-state index in [2.05, 4.69) is 31.2 Å². The third kappa shape index (κ3) is 4.33. The Labute approximate surface area is 172 Å². The maximum atomic E-state index is 13.4. The normalized spacial score (nSPS) is 18.4. The molecule has 0 atom stereocenters. The Hall–Kier alpha value is -1.66. The van der Waals surface area contributed by atoms with Crippen molar-refractivity contribution in [2.45, 2.75) is 64.8 Å². The van der Waals surface area contributed by atoms with Crippen molar-refractivity contribution in [2.75, 3.05) is 20.1 Å². The van der Waals surface area contributed by atoms with Gasteiger partial charge in [0.25, 0.3) is 11.6 Å². The highest BCUT2D eigenvalue weighted by Crippen LogP contribution is 2.41. The van der Waals surface area contributed by atoms with E-state index in [0.29, 0.717) is 17.7 Å². The Morgan fingerprint density at radius 2 is 1.93 bits per heavy atom. The Morgan fingerprint density at radius 3 is 2.50 bits per heavy atom. The second-order valence-electron chi connectivity index (χ2n) is 9.27. The van der Waals surface area contributed by atoms with Crippen LogP contribution in [0.2, 0.25) is 0 Å². The molecule has 2 aromatic rings. The quantitative estimate of drug-likeness (QED) is 0.832. The summed E-state index contributed by atoms with van der Waals surface area (Å²) in [6, 6.07) is 2.51. The molecule has 0 radical (unpaired) electrons. The van der Waals surface area contributed by atoms with Crippen molar-refractivity contribution in [3.63, 3.8) is 0 Å². The van der Waals surface area contributed by atoms with Crippen LogP contribution in [0.3, 0.4) is 0 Å². The van der Waals surface area contributed by atoms with Crippen LogP contribution in [0.5, 0.6) is 0 Å². The molecule has 1 saturated heterocycles. The summed E-state index contributed by atoms with van der Waals surface area (Å²) < 4.78 is 5.58. The van der Waals surface area contributed by atoms with Crippen molar-refractivity contribution in [3.05, 3.63) is 23.0 Å². The molecule has 3 heterocycles. The van der Waals surface area contributed by atoms with E-state index in [-0.39, 0.29) is 23.7 Å². The van der Waals surface area contributed by atoms with Crippen LogP contribution in [-0.4, -0.2) is 47.1 Å². The van der Waals surface area contributed by atoms with Gasteiger partial charge in [0.05, 0.1) is 16.6 Å². The number of piperidine rings is 1. The van der Waals surface area contributed by atoms with Gasteiger partial charge in [0.2, 0.25) is 0 Å². The second-order valence-corrected chi connectivity index (χ2v) is 9.27. The number of halogens is 1. The number of pyridine rings is 1. The fourth-order valence-corrected chi connectivity index (χ4v) is 3.95. The number of fused-ring (bicyclic) bond motifs is 1. The highest BCUT2D eigenvalue weighted by atomic mass is 35.5. The summed E-state index contributed by atoms with van der Waals surface area (Å²) in [7, 11) is 1.99. The molecule has 0 bridgehead atoms. The fourth-order valence-electron chi connectivity index (χ4n) is 3.95. The lowest BCUT2D eigenvalue weighted by atomic mass is 9.89. The standard InChI is InChI=1S/C21H30N4O2.ClH/c1-21(2,3)12-17-18-15(20(26)25-9-7-14(22-4)8-10-25)11-16(13-5-6-13)23-19(18)27-24-17;/h11,13-14,22H,5-10,12H2,1-4H3;1H. The minimum absolute atomic E-state index is 0. The number of carbonyl (C=O) groups is 1. The molecule has 7 heteroatoms. The van der Waals surface area contributed by atoms with Crippen LogP contribution in [-0.2, 0) is 6.42 Å². The first-order chi connectivity index (χ1) is 12.9. The molecule has 2 fully saturated rings. The highest BCUT2D eigenvalue weighted by Gasteiger charge is 2.32. The van der Waals surface area contributed by atoms with Gasteiger partial charge >= 0.3 is 0 Å². The Morgan fingerprint density at radius 1 is 1.25 bits per heavy atom. The average molecular weight is 407 g/mol. The molecule has 1 aliphatic heterocycles. The average Bonchev–Trinajstić information content (AvgIpc) is 3.42. The largest absolute Gasteiger partial charge is 0.339 e. The van der Waals surface area contributed by atoms with E-state index in [1.165, 1.54) is 0 Å². The van der Waals surface area contributed by atoms with Gasteiger partial charge in [0.15, 0.2) is 0 Å². The molecule has 28 heavy (non-hydrogen) atoms. The van der Waals surface area contributed by atoms with Crippen molar-refractivity contribution in [1.29, 1.82) is 0 Å². The molecule has 6 nitrogen and oxygen atoms in total. The first-order valence-corrected chi connectivity index (χ1v) is 10.1. The number of carbonyl (C=O) groups excluding carboxylic acids is 1. The van der Waals surface area contributed by atoms with Gasteiger partial charge in [-0.2, -0.15) is 0 Å². The SMILES string of the molecule is CNC1CCN(C(=O)c2cc(C3CC3)nc3onc(CC(C)(C)C)c23)CC1.Cl. The molecule has 2 aliphatic rings. The van der Waals surface area contributed by atoms with Crippen LogP contribution < -0.4 is 5.32 Å². The zero-order chi connectivity index (χ0) is 19.2. The van der Waals surface area contributed by atoms with E-state index in [1.807, 2.05) is 18.0 Å². The van der Waals surface area contributed by atoms with Crippen LogP contribution in [0.25, 0.3) is 11.1 Å². The van der Waals surface area contributed by atoms with E-state index >= 15 is 0 Å². The monoisotopic (exact) mass is 406 g/mol. The van der Waals surface area contributed by atoms with E-state index < -0.39 is 0 Å². The van der Waals surface area contributed by atoms with E-state index in [4.69, 9.17) is 9.51 Å². The molecule has 0 spiro atoms. The predicted molar refractivity (Wildman–Crippen MR) is 112 cm³/mol. The summed E-state index contributed by atoms with van der Waals surface area (Å²) in [5.41, 5.74) is 3.14. The van der Waals surface area contributed by atoms with Gasteiger partial charge in [-0.3, -0.25) is 4.79 Å². The smallest absolute Gasteiger partial charge is 0.259 e. The third-order valence-electron chi connectivity index (χ3n) is 5.65. The number of hydrogen-bond donors (Lipinski definition) is 1. The minimum atomic E-state index is 0. The minimum Gasteiger partial charge on any atom is -0.339 e. The van der Waals surface area contributed by atoms with Gasteiger partial charge in [0, 0.05) is 30.7 Å². The molecule has 1 amide bonds. The van der Waals surface area contributed by atoms with Crippen molar-refractivity contribution >= 4 is 29.4 Å². The lowest BCUT2D eigenvalue weighted by Crippen LogP contribution is -2.44. The maximum absolute atomic E-state index is 13.4. The molecular weight excluding hydrogens is 376 g/mol. The molecule has 0 aromatic carbocycles. The van der Waals surface area contributed by atoms with Crippen molar-refractivity contribution in [2.24, 2.45) is 5.41 Å². The van der Waals surface area contributed by atoms with Crippen LogP contribution in [0, 0.1) is 5.41 Å². The number of likely N-dealkylation sites (tertiary alicyclic amines) is 1. The maximum Gasteiger partial charge on any atom is 0.259 e. The number of nitrogens with zero attached hydrogens (tertiary/aromatic N) is 3. The predicted octanol–water partition coefficient (Wildman–Crippen LogP) is 3.93. The lowest BCUT2D eigenvalue weighted by molar-refractivity contribution is 0.0709. The molecule has 4 rings (SSSR count). The number of nitrogens with one attached hydrogen (secondary N) is 1. The van der Waals surface area contributed by atoms with Crippen molar-refractivity contribution < 1.29 is 9.32 Å². The Kier molecular flexibility index (Phi) is 6.01. The highest BCUT2D eigenvalue weighted by molar-refractivity contribution is 6.06. The Bertz CT molecular complexity index is 846. The van der Waals surface area contributed by atoms with Gasteiger partial charge < -0.3 is 14.7 Å². The molecule has 1 saturated carbocycles. The van der Waals surface area contributed by atoms with Gasteiger partial charge in [-0.25, -0.2) is 4.98 Å². The Balaban J connectivity index is 0.00000225. The molecular formula is C21H31ClN4O2. The molecule has 0 unspecified atom stereocenters. The van der Waals surface area contributed by atoms with Gasteiger partial charge in [-0.1, -0.05) is 25.9 Å². The van der Waals surface area contributed by atoms with Crippen molar-refractivity contribution in [3.8, 4) is 0 Å². The third-order valence-corrected chi connectivity index (χ3v) is 5.65. The van der Waals surface area contributed by atoms with Crippen LogP contribution in [0.15, 0.2) is 10.6 Å². The summed E-state index contributed by atoms with van der Waals surface area (Å²) in [6.45, 7) is 8.08. The van der Waals surface area contributed by atoms with Crippen molar-refractivity contribution in [1.82, 2.24) is 20.4 Å². The van der Waals surface area contributed by atoms with Crippen LogP contribution in [0.4, 0.5) is 0 Å². The van der Waals surface area contributed by atoms with Crippen LogP contribution >= 0.6 is 12.4 Å². The van der Waals surface area contributed by atoms with E-state index in [1.54, 1.807) is 0 Å². The van der Waals surface area contributed by atoms with E-state index in [0.717, 1.165) is 67.5 Å². The molecule has 154 valence electrons. The number of amides is 1. The molecule has 1 N–H and O–H groups in total. The molecule has 2 aromatic heterocycles. The first-order valence-electron chi connectivity index (χ1n) is 10.1. The topological polar surface area (TPSA) is 71.3 Å². The summed E-state index contributed by atoms with van der Waals surface area (Å²) in [4.78, 5) is 20.1. The zero-order valence-electron chi connectivity index (χ0n) is 17.2. The van der Waals surface area contributed by atoms with Gasteiger partial charge in [-0.15, -0.1) is 12.4 Å².